The van der Waals surface area contributed by atoms with Gasteiger partial charge in [0.05, 0.1) is 0 Å². The zero-order valence-corrected chi connectivity index (χ0v) is 9.97. The topological polar surface area (TPSA) is 20.3 Å². The molecule has 1 heterocycles. The van der Waals surface area contributed by atoms with Gasteiger partial charge in [-0.15, -0.1) is 0 Å². The first kappa shape index (κ1) is 11.5. The molecular weight excluding hydrogens is 174 g/mol. The van der Waals surface area contributed by atoms with Crippen molar-refractivity contribution in [3.05, 3.63) is 0 Å². The summed E-state index contributed by atoms with van der Waals surface area (Å²) < 4.78 is 0. The van der Waals surface area contributed by atoms with Crippen LogP contribution in [-0.2, 0) is 4.79 Å². The predicted molar refractivity (Wildman–Crippen MR) is 59.1 cm³/mol. The van der Waals surface area contributed by atoms with Gasteiger partial charge < -0.3 is 4.90 Å². The van der Waals surface area contributed by atoms with E-state index in [1.54, 1.807) is 6.92 Å². The minimum absolute atomic E-state index is 0.236. The number of hydrogen-bond donors (Lipinski definition) is 0. The monoisotopic (exact) mass is 197 g/mol. The molecule has 1 rings (SSSR count). The van der Waals surface area contributed by atoms with Gasteiger partial charge in [-0.3, -0.25) is 4.79 Å². The van der Waals surface area contributed by atoms with Gasteiger partial charge >= 0.3 is 0 Å². The Morgan fingerprint density at radius 3 is 2.36 bits per heavy atom. The van der Waals surface area contributed by atoms with Gasteiger partial charge in [0.25, 0.3) is 0 Å². The minimum atomic E-state index is 0.236. The molecule has 2 nitrogen and oxygen atoms in total. The van der Waals surface area contributed by atoms with Gasteiger partial charge in [0.2, 0.25) is 5.91 Å². The maximum Gasteiger partial charge on any atom is 0.219 e. The van der Waals surface area contributed by atoms with Gasteiger partial charge in [-0.25, -0.2) is 0 Å². The van der Waals surface area contributed by atoms with Crippen LogP contribution in [0.5, 0.6) is 0 Å². The third-order valence-electron chi connectivity index (χ3n) is 3.40. The summed E-state index contributed by atoms with van der Waals surface area (Å²) in [5.41, 5.74) is 0.396. The van der Waals surface area contributed by atoms with Crippen LogP contribution in [0.4, 0.5) is 0 Å². The van der Waals surface area contributed by atoms with Crippen molar-refractivity contribution in [2.45, 2.75) is 47.0 Å². The van der Waals surface area contributed by atoms with Crippen LogP contribution < -0.4 is 0 Å². The van der Waals surface area contributed by atoms with E-state index in [2.05, 4.69) is 20.8 Å². The van der Waals surface area contributed by atoms with E-state index in [1.807, 2.05) is 4.90 Å². The molecule has 82 valence electrons. The summed E-state index contributed by atoms with van der Waals surface area (Å²) in [5, 5.41) is 0. The quantitative estimate of drug-likeness (QED) is 0.584. The SMILES string of the molecule is CC(=O)N1CCCC(C(C)(C)C)CC1. The predicted octanol–water partition coefficient (Wildman–Crippen LogP) is 2.68. The van der Waals surface area contributed by atoms with Crippen LogP contribution in [0.25, 0.3) is 0 Å². The normalized spacial score (nSPS) is 24.6. The molecule has 1 fully saturated rings. The Labute approximate surface area is 87.7 Å². The molecule has 2 heteroatoms. The highest BCUT2D eigenvalue weighted by molar-refractivity contribution is 5.73. The molecule has 0 bridgehead atoms. The van der Waals surface area contributed by atoms with Crippen LogP contribution >= 0.6 is 0 Å². The molecule has 0 N–H and O–H groups in total. The Balaban J connectivity index is 2.53. The average molecular weight is 197 g/mol. The number of likely N-dealkylation sites (tertiary alicyclic amines) is 1. The van der Waals surface area contributed by atoms with Gasteiger partial charge in [0.15, 0.2) is 0 Å². The van der Waals surface area contributed by atoms with Crippen molar-refractivity contribution in [1.29, 1.82) is 0 Å². The number of carbonyl (C=O) groups is 1. The van der Waals surface area contributed by atoms with Crippen molar-refractivity contribution in [2.24, 2.45) is 11.3 Å². The van der Waals surface area contributed by atoms with Crippen LogP contribution in [0.1, 0.15) is 47.0 Å². The van der Waals surface area contributed by atoms with E-state index >= 15 is 0 Å². The Bertz CT molecular complexity index is 205. The number of amides is 1. The van der Waals surface area contributed by atoms with E-state index in [4.69, 9.17) is 0 Å². The lowest BCUT2D eigenvalue weighted by molar-refractivity contribution is -0.128. The first-order chi connectivity index (χ1) is 6.41. The number of nitrogens with zero attached hydrogens (tertiary/aromatic N) is 1. The largest absolute Gasteiger partial charge is 0.343 e. The van der Waals surface area contributed by atoms with Crippen molar-refractivity contribution in [3.8, 4) is 0 Å². The van der Waals surface area contributed by atoms with E-state index in [9.17, 15) is 4.79 Å². The summed E-state index contributed by atoms with van der Waals surface area (Å²) in [6.45, 7) is 10.5. The minimum Gasteiger partial charge on any atom is -0.343 e. The second-order valence-corrected chi connectivity index (χ2v) is 5.50. The van der Waals surface area contributed by atoms with E-state index in [1.165, 1.54) is 19.3 Å². The summed E-state index contributed by atoms with van der Waals surface area (Å²) >= 11 is 0. The third-order valence-corrected chi connectivity index (χ3v) is 3.40. The van der Waals surface area contributed by atoms with Crippen LogP contribution in [0.3, 0.4) is 0 Å². The highest BCUT2D eigenvalue weighted by Crippen LogP contribution is 2.34. The van der Waals surface area contributed by atoms with Crippen molar-refractivity contribution >= 4 is 5.91 Å². The Morgan fingerprint density at radius 1 is 1.21 bits per heavy atom. The van der Waals surface area contributed by atoms with E-state index in [0.717, 1.165) is 19.0 Å². The second-order valence-electron chi connectivity index (χ2n) is 5.50. The van der Waals surface area contributed by atoms with E-state index < -0.39 is 0 Å². The lowest BCUT2D eigenvalue weighted by Crippen LogP contribution is -2.30. The first-order valence-electron chi connectivity index (χ1n) is 5.67. The van der Waals surface area contributed by atoms with Crippen molar-refractivity contribution < 1.29 is 4.79 Å². The van der Waals surface area contributed by atoms with E-state index in [0.29, 0.717) is 5.41 Å². The number of carbonyl (C=O) groups excluding carboxylic acids is 1. The van der Waals surface area contributed by atoms with Gasteiger partial charge in [-0.1, -0.05) is 20.8 Å². The lowest BCUT2D eigenvalue weighted by atomic mass is 9.77. The zero-order valence-electron chi connectivity index (χ0n) is 9.97. The molecule has 1 aliphatic heterocycles. The third kappa shape index (κ3) is 3.00. The number of rotatable bonds is 0. The fourth-order valence-electron chi connectivity index (χ4n) is 2.28. The van der Waals surface area contributed by atoms with Crippen LogP contribution in [-0.4, -0.2) is 23.9 Å². The zero-order chi connectivity index (χ0) is 10.8. The van der Waals surface area contributed by atoms with Gasteiger partial charge in [0.1, 0.15) is 0 Å². The van der Waals surface area contributed by atoms with Crippen LogP contribution in [0.15, 0.2) is 0 Å². The first-order valence-corrected chi connectivity index (χ1v) is 5.67. The molecule has 0 aliphatic carbocycles. The molecule has 0 aromatic rings. The summed E-state index contributed by atoms with van der Waals surface area (Å²) in [6, 6.07) is 0. The molecule has 0 radical (unpaired) electrons. The van der Waals surface area contributed by atoms with Gasteiger partial charge in [-0.2, -0.15) is 0 Å². The Kier molecular flexibility index (Phi) is 3.57. The highest BCUT2D eigenvalue weighted by atomic mass is 16.2. The maximum absolute atomic E-state index is 11.2. The Hall–Kier alpha value is -0.530. The standard InChI is InChI=1S/C12H23NO/c1-10(14)13-8-5-6-11(7-9-13)12(2,3)4/h11H,5-9H2,1-4H3. The molecule has 1 unspecified atom stereocenters. The second kappa shape index (κ2) is 4.33. The molecule has 0 spiro atoms. The molecule has 0 saturated carbocycles. The lowest BCUT2D eigenvalue weighted by Gasteiger charge is -2.29. The fourth-order valence-corrected chi connectivity index (χ4v) is 2.28. The molecule has 1 atom stereocenters. The van der Waals surface area contributed by atoms with Gasteiger partial charge in [0, 0.05) is 20.0 Å². The van der Waals surface area contributed by atoms with Crippen molar-refractivity contribution in [1.82, 2.24) is 4.90 Å². The van der Waals surface area contributed by atoms with Crippen LogP contribution in [0, 0.1) is 11.3 Å². The molecule has 0 aromatic heterocycles. The smallest absolute Gasteiger partial charge is 0.219 e. The maximum atomic E-state index is 11.2. The summed E-state index contributed by atoms with van der Waals surface area (Å²) in [6.07, 6.45) is 3.61. The molecule has 0 aromatic carbocycles. The summed E-state index contributed by atoms with van der Waals surface area (Å²) in [4.78, 5) is 13.2. The molecule has 1 saturated heterocycles. The van der Waals surface area contributed by atoms with Crippen molar-refractivity contribution in [3.63, 3.8) is 0 Å². The molecule has 1 amide bonds. The average Bonchev–Trinajstić information content (AvgIpc) is 2.26. The highest BCUT2D eigenvalue weighted by Gasteiger charge is 2.27. The molecule has 14 heavy (non-hydrogen) atoms. The summed E-state index contributed by atoms with van der Waals surface area (Å²) in [7, 11) is 0. The summed E-state index contributed by atoms with van der Waals surface area (Å²) in [5.74, 6) is 1.01. The molecular formula is C12H23NO. The van der Waals surface area contributed by atoms with Gasteiger partial charge in [-0.05, 0) is 30.6 Å². The van der Waals surface area contributed by atoms with E-state index in [-0.39, 0.29) is 5.91 Å². The fraction of sp³-hybridized carbons (Fsp3) is 0.917. The number of hydrogen-bond acceptors (Lipinski definition) is 1. The molecule has 1 aliphatic rings. The van der Waals surface area contributed by atoms with Crippen molar-refractivity contribution in [2.75, 3.05) is 13.1 Å². The Morgan fingerprint density at radius 2 is 1.86 bits per heavy atom. The van der Waals surface area contributed by atoms with Crippen LogP contribution in [0.2, 0.25) is 0 Å².